The number of aromatic nitrogens is 3. The number of aromatic amines is 2. The number of nitrogens with one attached hydrogen (secondary N) is 2. The molecule has 1 aliphatic heterocycles. The molecule has 0 unspecified atom stereocenters. The van der Waals surface area contributed by atoms with E-state index in [1.165, 1.54) is 0 Å². The van der Waals surface area contributed by atoms with Crippen molar-refractivity contribution in [2.75, 3.05) is 24.7 Å². The summed E-state index contributed by atoms with van der Waals surface area (Å²) in [7, 11) is 0. The molecule has 1 aliphatic carbocycles. The molecule has 36 heavy (non-hydrogen) atoms. The third-order valence-corrected chi connectivity index (χ3v) is 7.14. The third kappa shape index (κ3) is 3.70. The Labute approximate surface area is 208 Å². The molecule has 0 saturated heterocycles. The van der Waals surface area contributed by atoms with Crippen LogP contribution >= 0.6 is 0 Å². The van der Waals surface area contributed by atoms with Gasteiger partial charge in [0.2, 0.25) is 5.91 Å². The van der Waals surface area contributed by atoms with Gasteiger partial charge in [0.05, 0.1) is 49.1 Å². The number of hydrogen-bond acceptors (Lipinski definition) is 6. The van der Waals surface area contributed by atoms with Crippen LogP contribution in [0.4, 0.5) is 5.69 Å². The van der Waals surface area contributed by atoms with Crippen molar-refractivity contribution in [1.82, 2.24) is 15.2 Å². The van der Waals surface area contributed by atoms with E-state index < -0.39 is 17.4 Å². The summed E-state index contributed by atoms with van der Waals surface area (Å²) in [5.74, 6) is -1.40. The maximum atomic E-state index is 14.0. The average Bonchev–Trinajstić information content (AvgIpc) is 3.46. The first-order chi connectivity index (χ1) is 17.4. The highest BCUT2D eigenvalue weighted by atomic mass is 16.5. The van der Waals surface area contributed by atoms with Crippen LogP contribution in [0, 0.1) is 0 Å². The molecule has 2 aliphatic rings. The van der Waals surface area contributed by atoms with Crippen LogP contribution in [-0.4, -0.2) is 52.8 Å². The molecule has 0 fully saturated rings. The zero-order valence-electron chi connectivity index (χ0n) is 20.6. The number of carbonyl (C=O) groups excluding carboxylic acids is 3. The van der Waals surface area contributed by atoms with Gasteiger partial charge in [-0.15, -0.1) is 6.58 Å². The van der Waals surface area contributed by atoms with E-state index in [1.807, 2.05) is 18.3 Å². The Morgan fingerprint density at radius 2 is 1.86 bits per heavy atom. The zero-order chi connectivity index (χ0) is 25.4. The summed E-state index contributed by atoms with van der Waals surface area (Å²) in [6.45, 7) is 7.86. The van der Waals surface area contributed by atoms with Gasteiger partial charge < -0.3 is 19.4 Å². The second-order valence-electron chi connectivity index (χ2n) is 9.27. The van der Waals surface area contributed by atoms with E-state index in [2.05, 4.69) is 21.8 Å². The molecule has 1 amide bonds. The minimum Gasteiger partial charge on any atom is -0.466 e. The highest BCUT2D eigenvalue weighted by Gasteiger charge is 2.54. The number of fused-ring (bicyclic) bond motifs is 6. The monoisotopic (exact) mass is 490 g/mol. The molecular weight excluding hydrogens is 460 g/mol. The molecule has 3 heterocycles. The van der Waals surface area contributed by atoms with E-state index in [0.717, 1.165) is 52.7 Å². The second kappa shape index (κ2) is 9.29. The molecule has 0 atom stereocenters. The van der Waals surface area contributed by atoms with Crippen LogP contribution in [0.15, 0.2) is 31.0 Å². The lowest BCUT2D eigenvalue weighted by atomic mass is 9.75. The van der Waals surface area contributed by atoms with E-state index in [1.54, 1.807) is 24.8 Å². The normalized spacial score (nSPS) is 15.7. The van der Waals surface area contributed by atoms with Gasteiger partial charge >= 0.3 is 11.9 Å². The SMILES string of the molecule is C=CCN1C(=O)C(CC(=O)OCC)(CC(=O)OCC)c2cc3[nH]c4c(c3cc21)CCCc1cn[nH]c1-4. The molecule has 0 spiro atoms. The van der Waals surface area contributed by atoms with Crippen LogP contribution < -0.4 is 4.90 Å². The first kappa shape index (κ1) is 23.8. The van der Waals surface area contributed by atoms with Gasteiger partial charge in [-0.2, -0.15) is 5.10 Å². The topological polar surface area (TPSA) is 117 Å². The van der Waals surface area contributed by atoms with Crippen LogP contribution in [-0.2, 0) is 42.1 Å². The van der Waals surface area contributed by atoms with E-state index in [0.29, 0.717) is 11.3 Å². The van der Waals surface area contributed by atoms with Crippen molar-refractivity contribution in [3.05, 3.63) is 47.7 Å². The summed E-state index contributed by atoms with van der Waals surface area (Å²) in [4.78, 5) is 44.6. The average molecular weight is 491 g/mol. The van der Waals surface area contributed by atoms with Gasteiger partial charge in [0.15, 0.2) is 0 Å². The molecule has 5 rings (SSSR count). The van der Waals surface area contributed by atoms with Crippen LogP contribution in [0.5, 0.6) is 0 Å². The zero-order valence-corrected chi connectivity index (χ0v) is 20.6. The first-order valence-electron chi connectivity index (χ1n) is 12.4. The number of rotatable bonds is 8. The minimum absolute atomic E-state index is 0.181. The van der Waals surface area contributed by atoms with Crippen molar-refractivity contribution in [3.8, 4) is 11.4 Å². The number of H-pyrrole nitrogens is 2. The Hall–Kier alpha value is -3.88. The number of hydrogen-bond donors (Lipinski definition) is 2. The minimum atomic E-state index is -1.42. The summed E-state index contributed by atoms with van der Waals surface area (Å²) in [5, 5.41) is 8.37. The Morgan fingerprint density at radius 3 is 2.53 bits per heavy atom. The second-order valence-corrected chi connectivity index (χ2v) is 9.27. The fourth-order valence-corrected chi connectivity index (χ4v) is 5.65. The van der Waals surface area contributed by atoms with Crippen LogP contribution in [0.1, 0.15) is 49.8 Å². The molecule has 1 aromatic carbocycles. The van der Waals surface area contributed by atoms with Gasteiger partial charge in [-0.3, -0.25) is 19.5 Å². The van der Waals surface area contributed by atoms with Crippen LogP contribution in [0.2, 0.25) is 0 Å². The van der Waals surface area contributed by atoms with Crippen molar-refractivity contribution in [2.24, 2.45) is 0 Å². The quantitative estimate of drug-likeness (QED) is 0.367. The number of anilines is 1. The summed E-state index contributed by atoms with van der Waals surface area (Å²) in [5.41, 5.74) is 4.99. The van der Waals surface area contributed by atoms with Gasteiger partial charge in [0.1, 0.15) is 0 Å². The summed E-state index contributed by atoms with van der Waals surface area (Å²) in [6.07, 6.45) is 5.79. The Balaban J connectivity index is 1.73. The summed E-state index contributed by atoms with van der Waals surface area (Å²) in [6, 6.07) is 3.91. The predicted octanol–water partition coefficient (Wildman–Crippen LogP) is 3.72. The lowest BCUT2D eigenvalue weighted by Crippen LogP contribution is -2.44. The fourth-order valence-electron chi connectivity index (χ4n) is 5.65. The van der Waals surface area contributed by atoms with Crippen molar-refractivity contribution in [3.63, 3.8) is 0 Å². The van der Waals surface area contributed by atoms with Gasteiger partial charge in [0, 0.05) is 23.1 Å². The summed E-state index contributed by atoms with van der Waals surface area (Å²) >= 11 is 0. The summed E-state index contributed by atoms with van der Waals surface area (Å²) < 4.78 is 10.5. The number of nitrogens with zero attached hydrogens (tertiary/aromatic N) is 2. The maximum Gasteiger partial charge on any atom is 0.307 e. The lowest BCUT2D eigenvalue weighted by Gasteiger charge is -2.27. The molecular formula is C27H30N4O5. The molecule has 2 N–H and O–H groups in total. The molecule has 9 heteroatoms. The molecule has 3 aromatic rings. The maximum absolute atomic E-state index is 14.0. The molecule has 188 valence electrons. The van der Waals surface area contributed by atoms with Crippen molar-refractivity contribution < 1.29 is 23.9 Å². The number of esters is 2. The van der Waals surface area contributed by atoms with Gasteiger partial charge in [0.25, 0.3) is 0 Å². The lowest BCUT2D eigenvalue weighted by molar-refractivity contribution is -0.151. The molecule has 2 aromatic heterocycles. The van der Waals surface area contributed by atoms with Crippen LogP contribution in [0.3, 0.4) is 0 Å². The highest BCUT2D eigenvalue weighted by molar-refractivity contribution is 6.13. The molecule has 0 radical (unpaired) electrons. The molecule has 0 saturated carbocycles. The van der Waals surface area contributed by atoms with Crippen molar-refractivity contribution in [2.45, 2.75) is 51.4 Å². The number of amides is 1. The van der Waals surface area contributed by atoms with E-state index in [4.69, 9.17) is 9.47 Å². The van der Waals surface area contributed by atoms with E-state index in [9.17, 15) is 14.4 Å². The standard InChI is InChI=1S/C27H30N4O5/c1-4-10-31-21-11-18-17-9-7-8-16-15-28-30-24(16)25(17)29-20(18)12-19(21)27(26(31)34,13-22(32)35-5-2)14-23(33)36-6-3/h4,11-12,15,29H,1,5-10,13-14H2,2-3H3,(H,28,30). The van der Waals surface area contributed by atoms with Gasteiger partial charge in [-0.1, -0.05) is 6.08 Å². The Kier molecular flexibility index (Phi) is 6.15. The number of carbonyl (C=O) groups is 3. The first-order valence-corrected chi connectivity index (χ1v) is 12.4. The number of benzene rings is 1. The number of ether oxygens (including phenoxy) is 2. The molecule has 0 bridgehead atoms. The molecule has 9 nitrogen and oxygen atoms in total. The van der Waals surface area contributed by atoms with Crippen LogP contribution in [0.25, 0.3) is 22.3 Å². The predicted molar refractivity (Wildman–Crippen MR) is 135 cm³/mol. The van der Waals surface area contributed by atoms with Gasteiger partial charge in [-0.05, 0) is 61.9 Å². The Bertz CT molecular complexity index is 1350. The Morgan fingerprint density at radius 1 is 1.14 bits per heavy atom. The van der Waals surface area contributed by atoms with E-state index >= 15 is 0 Å². The highest BCUT2D eigenvalue weighted by Crippen LogP contribution is 2.49. The smallest absolute Gasteiger partial charge is 0.307 e. The van der Waals surface area contributed by atoms with E-state index in [-0.39, 0.29) is 38.5 Å². The van der Waals surface area contributed by atoms with Gasteiger partial charge in [-0.25, -0.2) is 0 Å². The number of aryl methyl sites for hydroxylation is 2. The third-order valence-electron chi connectivity index (χ3n) is 7.14. The fraction of sp³-hybridized carbons (Fsp3) is 0.407. The van der Waals surface area contributed by atoms with Crippen molar-refractivity contribution in [1.29, 1.82) is 0 Å². The van der Waals surface area contributed by atoms with Crippen molar-refractivity contribution >= 4 is 34.4 Å². The largest absolute Gasteiger partial charge is 0.466 e.